The van der Waals surface area contributed by atoms with E-state index in [-0.39, 0.29) is 0 Å². The van der Waals surface area contributed by atoms with Crippen molar-refractivity contribution < 1.29 is 9.26 Å². The zero-order valence-electron chi connectivity index (χ0n) is 8.65. The van der Waals surface area contributed by atoms with Crippen molar-refractivity contribution in [3.63, 3.8) is 0 Å². The van der Waals surface area contributed by atoms with Gasteiger partial charge in [-0.15, -0.1) is 0 Å². The number of hydrogen-bond donors (Lipinski definition) is 1. The van der Waals surface area contributed by atoms with Crippen LogP contribution in [0.4, 0.5) is 5.69 Å². The highest BCUT2D eigenvalue weighted by molar-refractivity contribution is 5.73. The van der Waals surface area contributed by atoms with Crippen LogP contribution in [-0.4, -0.2) is 12.3 Å². The fraction of sp³-hybridized carbons (Fsp3) is 0.182. The minimum atomic E-state index is 0.545. The molecule has 0 bridgehead atoms. The molecule has 0 fully saturated rings. The van der Waals surface area contributed by atoms with Crippen molar-refractivity contribution in [2.24, 2.45) is 0 Å². The van der Waals surface area contributed by atoms with Crippen LogP contribution in [0.2, 0.25) is 0 Å². The number of rotatable bonds is 2. The van der Waals surface area contributed by atoms with E-state index < -0.39 is 0 Å². The van der Waals surface area contributed by atoms with Crippen LogP contribution in [0.5, 0.6) is 5.75 Å². The molecule has 2 aromatic rings. The first-order valence-corrected chi connectivity index (χ1v) is 4.57. The average molecular weight is 204 g/mol. The maximum atomic E-state index is 5.72. The van der Waals surface area contributed by atoms with Gasteiger partial charge in [0.1, 0.15) is 11.4 Å². The molecule has 4 nitrogen and oxygen atoms in total. The maximum Gasteiger partial charge on any atom is 0.189 e. The van der Waals surface area contributed by atoms with Gasteiger partial charge in [0.15, 0.2) is 5.76 Å². The Morgan fingerprint density at radius 1 is 1.40 bits per heavy atom. The van der Waals surface area contributed by atoms with Gasteiger partial charge < -0.3 is 15.0 Å². The van der Waals surface area contributed by atoms with E-state index in [4.69, 9.17) is 15.0 Å². The summed E-state index contributed by atoms with van der Waals surface area (Å²) in [5, 5.41) is 3.65. The molecular formula is C11H12N2O2. The molecule has 15 heavy (non-hydrogen) atoms. The van der Waals surface area contributed by atoms with Crippen LogP contribution in [-0.2, 0) is 0 Å². The van der Waals surface area contributed by atoms with Crippen molar-refractivity contribution in [3.8, 4) is 17.1 Å². The molecule has 4 heteroatoms. The fourth-order valence-corrected chi connectivity index (χ4v) is 1.47. The number of methoxy groups -OCH3 is 1. The SMILES string of the molecule is COc1ccc(-c2oncc2N)c(C)c1. The Morgan fingerprint density at radius 3 is 2.73 bits per heavy atom. The molecule has 1 aromatic heterocycles. The van der Waals surface area contributed by atoms with E-state index >= 15 is 0 Å². The highest BCUT2D eigenvalue weighted by Gasteiger charge is 2.10. The van der Waals surface area contributed by atoms with Crippen LogP contribution in [0.25, 0.3) is 11.3 Å². The van der Waals surface area contributed by atoms with E-state index in [9.17, 15) is 0 Å². The van der Waals surface area contributed by atoms with Crippen molar-refractivity contribution in [1.29, 1.82) is 0 Å². The van der Waals surface area contributed by atoms with Crippen LogP contribution < -0.4 is 10.5 Å². The predicted octanol–water partition coefficient (Wildman–Crippen LogP) is 2.24. The van der Waals surface area contributed by atoms with Gasteiger partial charge in [0.05, 0.1) is 13.3 Å². The van der Waals surface area contributed by atoms with E-state index in [2.05, 4.69) is 5.16 Å². The van der Waals surface area contributed by atoms with E-state index in [1.165, 1.54) is 6.20 Å². The number of aryl methyl sites for hydroxylation is 1. The topological polar surface area (TPSA) is 61.3 Å². The molecule has 1 aromatic carbocycles. The van der Waals surface area contributed by atoms with Gasteiger partial charge in [0.25, 0.3) is 0 Å². The Bertz CT molecular complexity index is 477. The average Bonchev–Trinajstić information content (AvgIpc) is 2.64. The lowest BCUT2D eigenvalue weighted by molar-refractivity contribution is 0.414. The number of nitrogens with zero attached hydrogens (tertiary/aromatic N) is 1. The summed E-state index contributed by atoms with van der Waals surface area (Å²) in [5.41, 5.74) is 8.24. The van der Waals surface area contributed by atoms with Gasteiger partial charge in [0, 0.05) is 5.56 Å². The molecule has 0 atom stereocenters. The number of hydrogen-bond acceptors (Lipinski definition) is 4. The Balaban J connectivity index is 2.50. The normalized spacial score (nSPS) is 10.3. The van der Waals surface area contributed by atoms with Gasteiger partial charge in [-0.1, -0.05) is 5.16 Å². The molecule has 78 valence electrons. The van der Waals surface area contributed by atoms with Gasteiger partial charge in [-0.3, -0.25) is 0 Å². The molecule has 1 heterocycles. The Hall–Kier alpha value is -1.97. The standard InChI is InChI=1S/C11H12N2O2/c1-7-5-8(14-2)3-4-9(7)11-10(12)6-13-15-11/h3-6H,12H2,1-2H3. The highest BCUT2D eigenvalue weighted by Crippen LogP contribution is 2.30. The molecule has 0 amide bonds. The van der Waals surface area contributed by atoms with Gasteiger partial charge in [-0.05, 0) is 30.7 Å². The van der Waals surface area contributed by atoms with E-state index in [0.717, 1.165) is 16.9 Å². The first-order valence-electron chi connectivity index (χ1n) is 4.57. The molecule has 2 rings (SSSR count). The summed E-state index contributed by atoms with van der Waals surface area (Å²) < 4.78 is 10.2. The summed E-state index contributed by atoms with van der Waals surface area (Å²) in [5.74, 6) is 1.42. The number of nitrogen functional groups attached to an aromatic ring is 1. The molecule has 0 aliphatic rings. The summed E-state index contributed by atoms with van der Waals surface area (Å²) in [6.45, 7) is 1.97. The van der Waals surface area contributed by atoms with Crippen molar-refractivity contribution in [1.82, 2.24) is 5.16 Å². The van der Waals surface area contributed by atoms with Crippen LogP contribution >= 0.6 is 0 Å². The van der Waals surface area contributed by atoms with Gasteiger partial charge >= 0.3 is 0 Å². The summed E-state index contributed by atoms with van der Waals surface area (Å²) in [6.07, 6.45) is 1.50. The van der Waals surface area contributed by atoms with E-state index in [0.29, 0.717) is 11.4 Å². The molecular weight excluding hydrogens is 192 g/mol. The number of nitrogens with two attached hydrogens (primary N) is 1. The van der Waals surface area contributed by atoms with Crippen LogP contribution in [0.3, 0.4) is 0 Å². The van der Waals surface area contributed by atoms with Crippen molar-refractivity contribution in [2.75, 3.05) is 12.8 Å². The zero-order valence-corrected chi connectivity index (χ0v) is 8.65. The predicted molar refractivity (Wildman–Crippen MR) is 57.6 cm³/mol. The van der Waals surface area contributed by atoms with Crippen LogP contribution in [0.15, 0.2) is 28.9 Å². The smallest absolute Gasteiger partial charge is 0.189 e. The third-order valence-corrected chi connectivity index (χ3v) is 2.28. The van der Waals surface area contributed by atoms with Gasteiger partial charge in [-0.2, -0.15) is 0 Å². The minimum Gasteiger partial charge on any atom is -0.497 e. The third kappa shape index (κ3) is 1.66. The Morgan fingerprint density at radius 2 is 2.20 bits per heavy atom. The summed E-state index contributed by atoms with van der Waals surface area (Å²) in [7, 11) is 1.64. The first-order chi connectivity index (χ1) is 7.22. The quantitative estimate of drug-likeness (QED) is 0.814. The molecule has 0 saturated heterocycles. The first kappa shape index (κ1) is 9.58. The second kappa shape index (κ2) is 3.65. The Kier molecular flexibility index (Phi) is 2.33. The molecule has 2 N–H and O–H groups in total. The number of benzene rings is 1. The maximum absolute atomic E-state index is 5.72. The third-order valence-electron chi connectivity index (χ3n) is 2.28. The monoisotopic (exact) mass is 204 g/mol. The highest BCUT2D eigenvalue weighted by atomic mass is 16.5. The molecule has 0 radical (unpaired) electrons. The second-order valence-corrected chi connectivity index (χ2v) is 3.29. The van der Waals surface area contributed by atoms with E-state index in [1.807, 2.05) is 25.1 Å². The summed E-state index contributed by atoms with van der Waals surface area (Å²) in [4.78, 5) is 0. The van der Waals surface area contributed by atoms with Gasteiger partial charge in [0.2, 0.25) is 0 Å². The fourth-order valence-electron chi connectivity index (χ4n) is 1.47. The van der Waals surface area contributed by atoms with E-state index in [1.54, 1.807) is 7.11 Å². The molecule has 0 unspecified atom stereocenters. The lowest BCUT2D eigenvalue weighted by Gasteiger charge is -2.05. The largest absolute Gasteiger partial charge is 0.497 e. The van der Waals surface area contributed by atoms with Gasteiger partial charge in [-0.25, -0.2) is 0 Å². The molecule has 0 saturated carbocycles. The second-order valence-electron chi connectivity index (χ2n) is 3.29. The molecule has 0 spiro atoms. The van der Waals surface area contributed by atoms with Crippen LogP contribution in [0, 0.1) is 6.92 Å². The van der Waals surface area contributed by atoms with Crippen molar-refractivity contribution in [2.45, 2.75) is 6.92 Å². The number of ether oxygens (including phenoxy) is 1. The number of anilines is 1. The van der Waals surface area contributed by atoms with Crippen molar-refractivity contribution >= 4 is 5.69 Å². The number of aromatic nitrogens is 1. The van der Waals surface area contributed by atoms with Crippen molar-refractivity contribution in [3.05, 3.63) is 30.0 Å². The zero-order chi connectivity index (χ0) is 10.8. The molecule has 0 aliphatic heterocycles. The lowest BCUT2D eigenvalue weighted by atomic mass is 10.1. The summed E-state index contributed by atoms with van der Waals surface area (Å²) in [6, 6.07) is 5.70. The minimum absolute atomic E-state index is 0.545. The molecule has 0 aliphatic carbocycles. The Labute approximate surface area is 87.6 Å². The van der Waals surface area contributed by atoms with Crippen LogP contribution in [0.1, 0.15) is 5.56 Å². The summed E-state index contributed by atoms with van der Waals surface area (Å²) >= 11 is 0. The lowest BCUT2D eigenvalue weighted by Crippen LogP contribution is -1.89.